The van der Waals surface area contributed by atoms with E-state index < -0.39 is 5.97 Å². The highest BCUT2D eigenvalue weighted by molar-refractivity contribution is 5.90. The molecule has 0 aromatic heterocycles. The Morgan fingerprint density at radius 3 is 2.44 bits per heavy atom. The summed E-state index contributed by atoms with van der Waals surface area (Å²) in [6, 6.07) is 6.06. The van der Waals surface area contributed by atoms with Gasteiger partial charge in [-0.25, -0.2) is 4.79 Å². The molecule has 4 nitrogen and oxygen atoms in total. The number of nitrogens with one attached hydrogen (secondary N) is 1. The van der Waals surface area contributed by atoms with E-state index in [1.165, 1.54) is 0 Å². The number of rotatable bonds is 3. The summed E-state index contributed by atoms with van der Waals surface area (Å²) in [7, 11) is 2.00. The zero-order chi connectivity index (χ0) is 13.7. The third kappa shape index (κ3) is 3.01. The Labute approximate surface area is 109 Å². The van der Waals surface area contributed by atoms with Crippen molar-refractivity contribution in [2.45, 2.75) is 26.8 Å². The van der Waals surface area contributed by atoms with Crippen molar-refractivity contribution in [1.82, 2.24) is 5.32 Å². The van der Waals surface area contributed by atoms with Crippen LogP contribution >= 0.6 is 0 Å². The lowest BCUT2D eigenvalue weighted by Crippen LogP contribution is -2.56. The molecule has 0 aliphatic carbocycles. The third-order valence-electron chi connectivity index (χ3n) is 3.17. The Kier molecular flexibility index (Phi) is 5.16. The summed E-state index contributed by atoms with van der Waals surface area (Å²) in [5.41, 5.74) is 2.16. The molecule has 0 bridgehead atoms. The van der Waals surface area contributed by atoms with Crippen LogP contribution in [0.15, 0.2) is 18.2 Å². The molecule has 1 aliphatic heterocycles. The van der Waals surface area contributed by atoms with Crippen molar-refractivity contribution in [3.05, 3.63) is 29.3 Å². The zero-order valence-corrected chi connectivity index (χ0v) is 11.5. The summed E-state index contributed by atoms with van der Waals surface area (Å²) in [5.74, 6) is -0.862. The Balaban J connectivity index is 0.000000771. The SMILES string of the molecule is CC.Cc1ccc(N(C)C2CNC2)cc1C(=O)O. The summed E-state index contributed by atoms with van der Waals surface area (Å²) < 4.78 is 0. The van der Waals surface area contributed by atoms with Crippen LogP contribution in [0.4, 0.5) is 5.69 Å². The molecule has 1 heterocycles. The van der Waals surface area contributed by atoms with Gasteiger partial charge >= 0.3 is 5.97 Å². The van der Waals surface area contributed by atoms with Crippen LogP contribution < -0.4 is 10.2 Å². The number of likely N-dealkylation sites (N-methyl/N-ethyl adjacent to an activating group) is 1. The minimum atomic E-state index is -0.862. The number of carbonyl (C=O) groups is 1. The summed E-state index contributed by atoms with van der Waals surface area (Å²) in [4.78, 5) is 13.1. The van der Waals surface area contributed by atoms with Crippen molar-refractivity contribution in [2.75, 3.05) is 25.0 Å². The van der Waals surface area contributed by atoms with E-state index in [1.54, 1.807) is 6.07 Å². The molecule has 18 heavy (non-hydrogen) atoms. The Hall–Kier alpha value is -1.55. The summed E-state index contributed by atoms with van der Waals surface area (Å²) in [6.45, 7) is 7.75. The standard InChI is InChI=1S/C12H16N2O2.C2H6/c1-8-3-4-9(5-11(8)12(15)16)14(2)10-6-13-7-10;1-2/h3-5,10,13H,6-7H2,1-2H3,(H,15,16);1-2H3. The van der Waals surface area contributed by atoms with Gasteiger partial charge in [-0.3, -0.25) is 0 Å². The van der Waals surface area contributed by atoms with Crippen molar-refractivity contribution in [1.29, 1.82) is 0 Å². The maximum absolute atomic E-state index is 11.0. The molecule has 0 saturated carbocycles. The van der Waals surface area contributed by atoms with Crippen molar-refractivity contribution in [3.63, 3.8) is 0 Å². The summed E-state index contributed by atoms with van der Waals surface area (Å²) >= 11 is 0. The monoisotopic (exact) mass is 250 g/mol. The number of carboxylic acids is 1. The van der Waals surface area contributed by atoms with E-state index in [4.69, 9.17) is 5.11 Å². The fraction of sp³-hybridized carbons (Fsp3) is 0.500. The van der Waals surface area contributed by atoms with Gasteiger partial charge in [0.25, 0.3) is 0 Å². The second-order valence-electron chi connectivity index (χ2n) is 4.23. The first-order valence-electron chi connectivity index (χ1n) is 6.37. The first kappa shape index (κ1) is 14.5. The van der Waals surface area contributed by atoms with Gasteiger partial charge in [-0.05, 0) is 24.6 Å². The van der Waals surface area contributed by atoms with E-state index in [1.807, 2.05) is 40.0 Å². The highest BCUT2D eigenvalue weighted by Gasteiger charge is 2.22. The van der Waals surface area contributed by atoms with E-state index >= 15 is 0 Å². The minimum Gasteiger partial charge on any atom is -0.478 e. The van der Waals surface area contributed by atoms with Gasteiger partial charge < -0.3 is 15.3 Å². The number of anilines is 1. The lowest BCUT2D eigenvalue weighted by atomic mass is 10.1. The largest absolute Gasteiger partial charge is 0.478 e. The number of carboxylic acid groups (broad SMARTS) is 1. The fourth-order valence-corrected chi connectivity index (χ4v) is 1.82. The molecule has 0 radical (unpaired) electrons. The molecule has 0 atom stereocenters. The zero-order valence-electron chi connectivity index (χ0n) is 11.5. The van der Waals surface area contributed by atoms with Gasteiger partial charge in [0.15, 0.2) is 0 Å². The Morgan fingerprint density at radius 2 is 2.00 bits per heavy atom. The molecule has 0 amide bonds. The molecule has 1 saturated heterocycles. The molecule has 1 fully saturated rings. The van der Waals surface area contributed by atoms with Crippen LogP contribution in [0, 0.1) is 6.92 Å². The molecule has 0 unspecified atom stereocenters. The molecule has 1 aliphatic rings. The van der Waals surface area contributed by atoms with Gasteiger partial charge in [-0.15, -0.1) is 0 Å². The average Bonchev–Trinajstić information content (AvgIpc) is 2.29. The molecule has 0 spiro atoms. The Bertz CT molecular complexity index is 414. The van der Waals surface area contributed by atoms with Crippen LogP contribution in [0.1, 0.15) is 29.8 Å². The topological polar surface area (TPSA) is 52.6 Å². The second-order valence-corrected chi connectivity index (χ2v) is 4.23. The fourth-order valence-electron chi connectivity index (χ4n) is 1.82. The summed E-state index contributed by atoms with van der Waals surface area (Å²) in [5, 5.41) is 12.3. The molecular formula is C14H22N2O2. The van der Waals surface area contributed by atoms with Gasteiger partial charge in [0.1, 0.15) is 0 Å². The quantitative estimate of drug-likeness (QED) is 0.863. The second kappa shape index (κ2) is 6.40. The average molecular weight is 250 g/mol. The number of hydrogen-bond donors (Lipinski definition) is 2. The molecule has 100 valence electrons. The highest BCUT2D eigenvalue weighted by Crippen LogP contribution is 2.21. The molecule has 2 rings (SSSR count). The molecular weight excluding hydrogens is 228 g/mol. The maximum Gasteiger partial charge on any atom is 0.336 e. The van der Waals surface area contributed by atoms with Crippen LogP contribution in [0.5, 0.6) is 0 Å². The molecule has 4 heteroatoms. The first-order chi connectivity index (χ1) is 8.59. The van der Waals surface area contributed by atoms with Crippen molar-refractivity contribution in [3.8, 4) is 0 Å². The van der Waals surface area contributed by atoms with Gasteiger partial charge in [0.2, 0.25) is 0 Å². The molecule has 1 aromatic carbocycles. The number of nitrogens with zero attached hydrogens (tertiary/aromatic N) is 1. The van der Waals surface area contributed by atoms with Crippen LogP contribution in [-0.2, 0) is 0 Å². The van der Waals surface area contributed by atoms with Gasteiger partial charge in [-0.2, -0.15) is 0 Å². The number of aromatic carboxylic acids is 1. The normalized spacial score (nSPS) is 14.2. The van der Waals surface area contributed by atoms with E-state index in [2.05, 4.69) is 10.2 Å². The van der Waals surface area contributed by atoms with Crippen LogP contribution in [0.25, 0.3) is 0 Å². The predicted octanol–water partition coefficient (Wildman–Crippen LogP) is 2.13. The molecule has 1 aromatic rings. The highest BCUT2D eigenvalue weighted by atomic mass is 16.4. The number of aryl methyl sites for hydroxylation is 1. The van der Waals surface area contributed by atoms with Crippen LogP contribution in [-0.4, -0.2) is 37.3 Å². The van der Waals surface area contributed by atoms with Gasteiger partial charge in [-0.1, -0.05) is 19.9 Å². The predicted molar refractivity (Wildman–Crippen MR) is 74.5 cm³/mol. The van der Waals surface area contributed by atoms with E-state index in [9.17, 15) is 4.79 Å². The third-order valence-corrected chi connectivity index (χ3v) is 3.17. The van der Waals surface area contributed by atoms with E-state index in [0.29, 0.717) is 11.6 Å². The van der Waals surface area contributed by atoms with Crippen molar-refractivity contribution in [2.24, 2.45) is 0 Å². The van der Waals surface area contributed by atoms with Crippen molar-refractivity contribution >= 4 is 11.7 Å². The van der Waals surface area contributed by atoms with E-state index in [0.717, 1.165) is 24.3 Å². The van der Waals surface area contributed by atoms with Crippen LogP contribution in [0.3, 0.4) is 0 Å². The van der Waals surface area contributed by atoms with Crippen molar-refractivity contribution < 1.29 is 9.90 Å². The minimum absolute atomic E-state index is 0.386. The smallest absolute Gasteiger partial charge is 0.336 e. The lowest BCUT2D eigenvalue weighted by Gasteiger charge is -2.37. The van der Waals surface area contributed by atoms with Gasteiger partial charge in [0.05, 0.1) is 11.6 Å². The maximum atomic E-state index is 11.0. The number of benzene rings is 1. The summed E-state index contributed by atoms with van der Waals surface area (Å²) in [6.07, 6.45) is 0. The number of hydrogen-bond acceptors (Lipinski definition) is 3. The van der Waals surface area contributed by atoms with Crippen LogP contribution in [0.2, 0.25) is 0 Å². The lowest BCUT2D eigenvalue weighted by molar-refractivity contribution is 0.0696. The first-order valence-corrected chi connectivity index (χ1v) is 6.37. The molecule has 2 N–H and O–H groups in total. The van der Waals surface area contributed by atoms with E-state index in [-0.39, 0.29) is 0 Å². The Morgan fingerprint density at radius 1 is 1.39 bits per heavy atom. The van der Waals surface area contributed by atoms with Gasteiger partial charge in [0, 0.05) is 25.8 Å².